The van der Waals surface area contributed by atoms with Gasteiger partial charge in [-0.15, -0.1) is 12.4 Å². The van der Waals surface area contributed by atoms with Gasteiger partial charge < -0.3 is 10.6 Å². The zero-order valence-electron chi connectivity index (χ0n) is 12.4. The Kier molecular flexibility index (Phi) is 12.3. The fourth-order valence-electron chi connectivity index (χ4n) is 2.02. The third kappa shape index (κ3) is 9.82. The van der Waals surface area contributed by atoms with Crippen molar-refractivity contribution in [2.24, 2.45) is 0 Å². The lowest BCUT2D eigenvalue weighted by Crippen LogP contribution is -2.25. The molecule has 0 fully saturated rings. The molecule has 0 aliphatic rings. The third-order valence-corrected chi connectivity index (χ3v) is 3.14. The number of carbonyl (C=O) groups excluding carboxylic acids is 1. The van der Waals surface area contributed by atoms with Crippen LogP contribution in [0, 0.1) is 0 Å². The Labute approximate surface area is 128 Å². The van der Waals surface area contributed by atoms with Crippen LogP contribution in [0.5, 0.6) is 0 Å². The second-order valence-electron chi connectivity index (χ2n) is 4.85. The lowest BCUT2D eigenvalue weighted by Gasteiger charge is -2.05. The smallest absolute Gasteiger partial charge is 0.220 e. The highest BCUT2D eigenvalue weighted by Gasteiger charge is 1.99. The maximum Gasteiger partial charge on any atom is 0.220 e. The van der Waals surface area contributed by atoms with Crippen molar-refractivity contribution < 1.29 is 4.79 Å². The summed E-state index contributed by atoms with van der Waals surface area (Å²) in [4.78, 5) is 11.4. The second kappa shape index (κ2) is 12.9. The predicted molar refractivity (Wildman–Crippen MR) is 87.4 cm³/mol. The number of amides is 1. The minimum Gasteiger partial charge on any atom is -0.356 e. The van der Waals surface area contributed by atoms with Crippen molar-refractivity contribution in [3.63, 3.8) is 0 Å². The number of rotatable bonds is 10. The van der Waals surface area contributed by atoms with Gasteiger partial charge in [0.05, 0.1) is 0 Å². The molecule has 114 valence electrons. The molecule has 0 atom stereocenters. The van der Waals surface area contributed by atoms with E-state index in [4.69, 9.17) is 0 Å². The number of hydrogen-bond donors (Lipinski definition) is 2. The first-order valence-electron chi connectivity index (χ1n) is 7.28. The molecule has 0 saturated heterocycles. The van der Waals surface area contributed by atoms with Gasteiger partial charge in [0.15, 0.2) is 0 Å². The fourth-order valence-corrected chi connectivity index (χ4v) is 2.02. The first-order valence-corrected chi connectivity index (χ1v) is 7.28. The lowest BCUT2D eigenvalue weighted by molar-refractivity contribution is -0.121. The largest absolute Gasteiger partial charge is 0.356 e. The van der Waals surface area contributed by atoms with Crippen molar-refractivity contribution in [3.8, 4) is 0 Å². The first-order chi connectivity index (χ1) is 9.33. The van der Waals surface area contributed by atoms with Gasteiger partial charge in [-0.05, 0) is 44.8 Å². The number of nitrogens with one attached hydrogen (secondary N) is 2. The molecule has 0 aromatic heterocycles. The monoisotopic (exact) mass is 298 g/mol. The molecule has 0 spiro atoms. The van der Waals surface area contributed by atoms with Gasteiger partial charge in [0.25, 0.3) is 0 Å². The summed E-state index contributed by atoms with van der Waals surface area (Å²) in [7, 11) is 1.91. The van der Waals surface area contributed by atoms with Crippen molar-refractivity contribution in [3.05, 3.63) is 35.9 Å². The van der Waals surface area contributed by atoms with Crippen LogP contribution in [0.3, 0.4) is 0 Å². The number of halogens is 1. The summed E-state index contributed by atoms with van der Waals surface area (Å²) in [5.41, 5.74) is 1.40. The molecule has 0 aliphatic heterocycles. The van der Waals surface area contributed by atoms with Gasteiger partial charge in [0, 0.05) is 13.0 Å². The molecule has 1 rings (SSSR count). The average molecular weight is 299 g/mol. The summed E-state index contributed by atoms with van der Waals surface area (Å²) in [5, 5.41) is 6.02. The van der Waals surface area contributed by atoms with E-state index in [9.17, 15) is 4.79 Å². The molecular formula is C16H27ClN2O. The highest BCUT2D eigenvalue weighted by atomic mass is 35.5. The van der Waals surface area contributed by atoms with Gasteiger partial charge in [0.1, 0.15) is 0 Å². The molecule has 1 aromatic carbocycles. The van der Waals surface area contributed by atoms with E-state index < -0.39 is 0 Å². The van der Waals surface area contributed by atoms with Crippen molar-refractivity contribution in [1.82, 2.24) is 10.6 Å². The SMILES string of the molecule is CNCCCC(=O)NCCCCCc1ccccc1.Cl. The summed E-state index contributed by atoms with van der Waals surface area (Å²) in [5.74, 6) is 0.179. The minimum atomic E-state index is 0. The Bertz CT molecular complexity index is 344. The molecule has 0 unspecified atom stereocenters. The molecule has 1 amide bonds. The molecule has 0 bridgehead atoms. The molecule has 0 heterocycles. The summed E-state index contributed by atoms with van der Waals surface area (Å²) in [6, 6.07) is 10.6. The summed E-state index contributed by atoms with van der Waals surface area (Å²) >= 11 is 0. The molecule has 0 radical (unpaired) electrons. The van der Waals surface area contributed by atoms with Gasteiger partial charge in [-0.3, -0.25) is 4.79 Å². The fraction of sp³-hybridized carbons (Fsp3) is 0.562. The van der Waals surface area contributed by atoms with Gasteiger partial charge in [-0.2, -0.15) is 0 Å². The first kappa shape index (κ1) is 18.9. The van der Waals surface area contributed by atoms with Gasteiger partial charge in [0.2, 0.25) is 5.91 Å². The number of hydrogen-bond acceptors (Lipinski definition) is 2. The number of carbonyl (C=O) groups is 1. The van der Waals surface area contributed by atoms with E-state index >= 15 is 0 Å². The third-order valence-electron chi connectivity index (χ3n) is 3.14. The van der Waals surface area contributed by atoms with E-state index in [0.717, 1.165) is 32.4 Å². The second-order valence-corrected chi connectivity index (χ2v) is 4.85. The number of aryl methyl sites for hydroxylation is 1. The Morgan fingerprint density at radius 1 is 1.00 bits per heavy atom. The maximum atomic E-state index is 11.4. The van der Waals surface area contributed by atoms with E-state index in [2.05, 4.69) is 34.9 Å². The van der Waals surface area contributed by atoms with Crippen molar-refractivity contribution in [2.45, 2.75) is 38.5 Å². The van der Waals surface area contributed by atoms with Crippen LogP contribution >= 0.6 is 12.4 Å². The number of unbranched alkanes of at least 4 members (excludes halogenated alkanes) is 2. The standard InChI is InChI=1S/C16H26N2O.ClH/c1-17-13-8-12-16(19)18-14-7-3-6-11-15-9-4-2-5-10-15;/h2,4-5,9-10,17H,3,6-8,11-14H2,1H3,(H,18,19);1H. The molecule has 20 heavy (non-hydrogen) atoms. The van der Waals surface area contributed by atoms with Crippen LogP contribution in [0.1, 0.15) is 37.7 Å². The average Bonchev–Trinajstić information content (AvgIpc) is 2.44. The normalized spacial score (nSPS) is 9.85. The zero-order chi connectivity index (χ0) is 13.8. The van der Waals surface area contributed by atoms with Crippen LogP contribution in [0.25, 0.3) is 0 Å². The molecule has 0 aliphatic carbocycles. The van der Waals surface area contributed by atoms with E-state index in [1.54, 1.807) is 0 Å². The molecule has 3 nitrogen and oxygen atoms in total. The van der Waals surface area contributed by atoms with Gasteiger partial charge in [-0.1, -0.05) is 36.8 Å². The highest BCUT2D eigenvalue weighted by molar-refractivity contribution is 5.85. The van der Waals surface area contributed by atoms with Crippen molar-refractivity contribution >= 4 is 18.3 Å². The maximum absolute atomic E-state index is 11.4. The Morgan fingerprint density at radius 3 is 2.45 bits per heavy atom. The zero-order valence-corrected chi connectivity index (χ0v) is 13.2. The Hall–Kier alpha value is -1.06. The Balaban J connectivity index is 0.00000361. The van der Waals surface area contributed by atoms with E-state index in [-0.39, 0.29) is 18.3 Å². The topological polar surface area (TPSA) is 41.1 Å². The minimum absolute atomic E-state index is 0. The van der Waals surface area contributed by atoms with E-state index in [0.29, 0.717) is 6.42 Å². The van der Waals surface area contributed by atoms with Gasteiger partial charge in [-0.25, -0.2) is 0 Å². The van der Waals surface area contributed by atoms with E-state index in [1.807, 2.05) is 13.1 Å². The molecule has 4 heteroatoms. The number of benzene rings is 1. The molecule has 2 N–H and O–H groups in total. The van der Waals surface area contributed by atoms with Crippen LogP contribution in [-0.2, 0) is 11.2 Å². The summed E-state index contributed by atoms with van der Waals surface area (Å²) < 4.78 is 0. The van der Waals surface area contributed by atoms with Crippen LogP contribution in [-0.4, -0.2) is 26.0 Å². The van der Waals surface area contributed by atoms with Crippen molar-refractivity contribution in [2.75, 3.05) is 20.1 Å². The summed E-state index contributed by atoms with van der Waals surface area (Å²) in [6.45, 7) is 1.72. The van der Waals surface area contributed by atoms with Crippen molar-refractivity contribution in [1.29, 1.82) is 0 Å². The predicted octanol–water partition coefficient (Wildman–Crippen LogP) is 2.94. The molecule has 1 aromatic rings. The lowest BCUT2D eigenvalue weighted by atomic mass is 10.1. The van der Waals surface area contributed by atoms with Crippen LogP contribution in [0.15, 0.2) is 30.3 Å². The quantitative estimate of drug-likeness (QED) is 0.652. The molecule has 0 saturated carbocycles. The summed E-state index contributed by atoms with van der Waals surface area (Å²) in [6.07, 6.45) is 6.12. The highest BCUT2D eigenvalue weighted by Crippen LogP contribution is 2.05. The van der Waals surface area contributed by atoms with Crippen LogP contribution in [0.4, 0.5) is 0 Å². The molecular weight excluding hydrogens is 272 g/mol. The van der Waals surface area contributed by atoms with Gasteiger partial charge >= 0.3 is 0 Å². The Morgan fingerprint density at radius 2 is 1.75 bits per heavy atom. The van der Waals surface area contributed by atoms with Crippen LogP contribution < -0.4 is 10.6 Å². The van der Waals surface area contributed by atoms with Crippen LogP contribution in [0.2, 0.25) is 0 Å². The van der Waals surface area contributed by atoms with E-state index in [1.165, 1.54) is 18.4 Å².